The van der Waals surface area contributed by atoms with Gasteiger partial charge in [0.25, 0.3) is 5.91 Å². The molecule has 5 rings (SSSR count). The van der Waals surface area contributed by atoms with Gasteiger partial charge in [-0.2, -0.15) is 0 Å². The number of amides is 1. The smallest absolute Gasteiger partial charge is 0.268 e. The van der Waals surface area contributed by atoms with Crippen molar-refractivity contribution in [3.05, 3.63) is 34.2 Å². The van der Waals surface area contributed by atoms with E-state index in [2.05, 4.69) is 10.3 Å². The highest BCUT2D eigenvalue weighted by atomic mass is 16.2. The Morgan fingerprint density at radius 1 is 1.10 bits per heavy atom. The molecule has 0 spiro atoms. The van der Waals surface area contributed by atoms with Crippen molar-refractivity contribution in [1.82, 2.24) is 10.3 Å². The fourth-order valence-corrected chi connectivity index (χ4v) is 5.15. The molecule has 0 unspecified atom stereocenters. The monoisotopic (exact) mass is 272 g/mol. The molecule has 1 aromatic rings. The van der Waals surface area contributed by atoms with E-state index in [4.69, 9.17) is 0 Å². The molecule has 4 nitrogen and oxygen atoms in total. The van der Waals surface area contributed by atoms with E-state index in [-0.39, 0.29) is 17.0 Å². The predicted octanol–water partition coefficient (Wildman–Crippen LogP) is 2.07. The van der Waals surface area contributed by atoms with Crippen LogP contribution in [0.4, 0.5) is 0 Å². The number of H-pyrrole nitrogens is 1. The van der Waals surface area contributed by atoms with Gasteiger partial charge in [0.15, 0.2) is 0 Å². The second-order valence-electron chi connectivity index (χ2n) is 7.08. The minimum Gasteiger partial charge on any atom is -0.345 e. The van der Waals surface area contributed by atoms with Crippen LogP contribution < -0.4 is 10.9 Å². The number of carbonyl (C=O) groups is 1. The second kappa shape index (κ2) is 4.21. The van der Waals surface area contributed by atoms with Crippen LogP contribution in [0.1, 0.15) is 49.0 Å². The lowest BCUT2D eigenvalue weighted by Crippen LogP contribution is -2.60. The first-order valence-electron chi connectivity index (χ1n) is 7.64. The summed E-state index contributed by atoms with van der Waals surface area (Å²) < 4.78 is 0. The number of nitrogens with one attached hydrogen (secondary N) is 2. The van der Waals surface area contributed by atoms with E-state index >= 15 is 0 Å². The van der Waals surface area contributed by atoms with Crippen molar-refractivity contribution in [2.75, 3.05) is 0 Å². The summed E-state index contributed by atoms with van der Waals surface area (Å²) >= 11 is 0. The molecule has 4 bridgehead atoms. The van der Waals surface area contributed by atoms with E-state index < -0.39 is 0 Å². The average Bonchev–Trinajstić information content (AvgIpc) is 2.36. The van der Waals surface area contributed by atoms with Crippen molar-refractivity contribution in [3.8, 4) is 0 Å². The maximum Gasteiger partial charge on any atom is 0.268 e. The average molecular weight is 272 g/mol. The van der Waals surface area contributed by atoms with Crippen LogP contribution in [0.5, 0.6) is 0 Å². The summed E-state index contributed by atoms with van der Waals surface area (Å²) in [6.45, 7) is 0. The van der Waals surface area contributed by atoms with E-state index in [0.717, 1.165) is 37.0 Å². The fraction of sp³-hybridized carbons (Fsp3) is 0.625. The van der Waals surface area contributed by atoms with E-state index in [1.807, 2.05) is 0 Å². The Kier molecular flexibility index (Phi) is 2.56. The second-order valence-corrected chi connectivity index (χ2v) is 7.08. The Morgan fingerprint density at radius 3 is 2.25 bits per heavy atom. The van der Waals surface area contributed by atoms with Gasteiger partial charge >= 0.3 is 0 Å². The molecule has 0 aromatic carbocycles. The third-order valence-electron chi connectivity index (χ3n) is 5.43. The normalized spacial score (nSPS) is 37.9. The molecule has 20 heavy (non-hydrogen) atoms. The van der Waals surface area contributed by atoms with Crippen LogP contribution in [-0.2, 0) is 0 Å². The Bertz CT molecular complexity index is 569. The van der Waals surface area contributed by atoms with Crippen molar-refractivity contribution in [2.24, 2.45) is 17.8 Å². The molecule has 4 heteroatoms. The number of carbonyl (C=O) groups excluding carboxylic acids is 1. The molecule has 4 saturated carbocycles. The largest absolute Gasteiger partial charge is 0.345 e. The Morgan fingerprint density at radius 2 is 1.70 bits per heavy atom. The SMILES string of the molecule is O=C(NC12CC3CC(CC(C3)C1)C2)c1cccc(=O)[nH]1. The highest BCUT2D eigenvalue weighted by molar-refractivity contribution is 5.92. The lowest BCUT2D eigenvalue weighted by molar-refractivity contribution is -0.0167. The minimum atomic E-state index is -0.219. The zero-order chi connectivity index (χ0) is 13.7. The summed E-state index contributed by atoms with van der Waals surface area (Å²) in [5, 5.41) is 3.26. The molecule has 1 heterocycles. The number of hydrogen-bond acceptors (Lipinski definition) is 2. The molecule has 1 amide bonds. The van der Waals surface area contributed by atoms with Gasteiger partial charge in [-0.25, -0.2) is 0 Å². The highest BCUT2D eigenvalue weighted by Crippen LogP contribution is 2.55. The number of hydrogen-bond donors (Lipinski definition) is 2. The van der Waals surface area contributed by atoms with Crippen LogP contribution in [0, 0.1) is 17.8 Å². The van der Waals surface area contributed by atoms with Crippen LogP contribution in [0.25, 0.3) is 0 Å². The molecule has 0 saturated heterocycles. The number of pyridine rings is 1. The van der Waals surface area contributed by atoms with Gasteiger partial charge in [-0.1, -0.05) is 6.07 Å². The molecular formula is C16H20N2O2. The number of rotatable bonds is 2. The molecule has 0 atom stereocenters. The van der Waals surface area contributed by atoms with Gasteiger partial charge < -0.3 is 10.3 Å². The maximum atomic E-state index is 12.4. The Hall–Kier alpha value is -1.58. The summed E-state index contributed by atoms with van der Waals surface area (Å²) in [6.07, 6.45) is 7.46. The lowest BCUT2D eigenvalue weighted by atomic mass is 9.53. The molecular weight excluding hydrogens is 252 g/mol. The summed E-state index contributed by atoms with van der Waals surface area (Å²) in [4.78, 5) is 26.3. The molecule has 106 valence electrons. The van der Waals surface area contributed by atoms with Crippen LogP contribution >= 0.6 is 0 Å². The summed E-state index contributed by atoms with van der Waals surface area (Å²) in [7, 11) is 0. The van der Waals surface area contributed by atoms with Crippen molar-refractivity contribution in [3.63, 3.8) is 0 Å². The summed E-state index contributed by atoms with van der Waals surface area (Å²) in [5.41, 5.74) is 0.162. The van der Waals surface area contributed by atoms with E-state index in [1.165, 1.54) is 25.3 Å². The summed E-state index contributed by atoms with van der Waals surface area (Å²) in [5.74, 6) is 2.29. The van der Waals surface area contributed by atoms with Gasteiger partial charge in [0.05, 0.1) is 0 Å². The highest BCUT2D eigenvalue weighted by Gasteiger charge is 2.51. The molecule has 0 radical (unpaired) electrons. The zero-order valence-electron chi connectivity index (χ0n) is 11.5. The van der Waals surface area contributed by atoms with E-state index in [0.29, 0.717) is 5.69 Å². The van der Waals surface area contributed by atoms with E-state index in [1.54, 1.807) is 12.1 Å². The first kappa shape index (κ1) is 12.2. The topological polar surface area (TPSA) is 62.0 Å². The molecule has 2 N–H and O–H groups in total. The van der Waals surface area contributed by atoms with Crippen molar-refractivity contribution in [2.45, 2.75) is 44.1 Å². The van der Waals surface area contributed by atoms with Gasteiger partial charge in [-0.05, 0) is 62.3 Å². The third-order valence-corrected chi connectivity index (χ3v) is 5.43. The third kappa shape index (κ3) is 1.98. The Balaban J connectivity index is 1.57. The zero-order valence-corrected chi connectivity index (χ0v) is 11.5. The molecule has 0 aliphatic heterocycles. The predicted molar refractivity (Wildman–Crippen MR) is 75.4 cm³/mol. The maximum absolute atomic E-state index is 12.4. The molecule has 4 aliphatic carbocycles. The van der Waals surface area contributed by atoms with Crippen molar-refractivity contribution >= 4 is 5.91 Å². The van der Waals surface area contributed by atoms with Gasteiger partial charge in [0.1, 0.15) is 5.69 Å². The first-order valence-corrected chi connectivity index (χ1v) is 7.64. The van der Waals surface area contributed by atoms with Crippen molar-refractivity contribution in [1.29, 1.82) is 0 Å². The summed E-state index contributed by atoms with van der Waals surface area (Å²) in [6, 6.07) is 4.74. The molecule has 1 aromatic heterocycles. The quantitative estimate of drug-likeness (QED) is 0.865. The first-order chi connectivity index (χ1) is 9.62. The molecule has 4 fully saturated rings. The lowest BCUT2D eigenvalue weighted by Gasteiger charge is -2.56. The van der Waals surface area contributed by atoms with Crippen molar-refractivity contribution < 1.29 is 4.79 Å². The van der Waals surface area contributed by atoms with Gasteiger partial charge in [0.2, 0.25) is 5.56 Å². The number of aromatic amines is 1. The fourth-order valence-electron chi connectivity index (χ4n) is 5.15. The van der Waals surface area contributed by atoms with Crippen LogP contribution in [0.2, 0.25) is 0 Å². The van der Waals surface area contributed by atoms with Crippen LogP contribution in [0.15, 0.2) is 23.0 Å². The van der Waals surface area contributed by atoms with Gasteiger partial charge in [0, 0.05) is 11.6 Å². The molecule has 4 aliphatic rings. The van der Waals surface area contributed by atoms with Gasteiger partial charge in [-0.15, -0.1) is 0 Å². The van der Waals surface area contributed by atoms with E-state index in [9.17, 15) is 9.59 Å². The van der Waals surface area contributed by atoms with Crippen LogP contribution in [-0.4, -0.2) is 16.4 Å². The standard InChI is InChI=1S/C16H20N2O2/c19-14-3-1-2-13(17-14)15(20)18-16-7-10-4-11(8-16)6-12(5-10)9-16/h1-3,10-12H,4-9H2,(H,17,19)(H,18,20). The number of aromatic nitrogens is 1. The minimum absolute atomic E-state index is 0.00143. The van der Waals surface area contributed by atoms with Gasteiger partial charge in [-0.3, -0.25) is 9.59 Å². The Labute approximate surface area is 118 Å². The van der Waals surface area contributed by atoms with Crippen LogP contribution in [0.3, 0.4) is 0 Å².